The van der Waals surface area contributed by atoms with E-state index in [1.165, 1.54) is 11.1 Å². The van der Waals surface area contributed by atoms with Crippen LogP contribution >= 0.6 is 0 Å². The molecule has 0 saturated carbocycles. The molecule has 1 N–H and O–H groups in total. The molecule has 0 bridgehead atoms. The van der Waals surface area contributed by atoms with E-state index in [4.69, 9.17) is 4.74 Å². The lowest BCUT2D eigenvalue weighted by Gasteiger charge is -2.36. The lowest BCUT2D eigenvalue weighted by atomic mass is 9.72. The van der Waals surface area contributed by atoms with E-state index in [-0.39, 0.29) is 11.3 Å². The standard InChI is InChI=1S/C19H24N2O4/c22-17(12-20-9-14-3-1-2-4-15(14)10-20)21-11-16(18(23)24)19(13-21)5-7-25-8-6-19/h1-4,16H,5-13H2,(H,23,24). The Hall–Kier alpha value is -1.92. The third-order valence-electron chi connectivity index (χ3n) is 6.05. The van der Waals surface area contributed by atoms with Crippen molar-refractivity contribution in [3.05, 3.63) is 35.4 Å². The minimum Gasteiger partial charge on any atom is -0.481 e. The number of fused-ring (bicyclic) bond motifs is 1. The van der Waals surface area contributed by atoms with Crippen molar-refractivity contribution in [3.63, 3.8) is 0 Å². The van der Waals surface area contributed by atoms with Crippen LogP contribution in [0.1, 0.15) is 24.0 Å². The molecule has 134 valence electrons. The minimum atomic E-state index is -0.786. The Morgan fingerprint density at radius 1 is 1.16 bits per heavy atom. The molecule has 6 heteroatoms. The number of ether oxygens (including phenoxy) is 1. The van der Waals surface area contributed by atoms with E-state index < -0.39 is 11.9 Å². The van der Waals surface area contributed by atoms with Crippen LogP contribution in [0.3, 0.4) is 0 Å². The van der Waals surface area contributed by atoms with Gasteiger partial charge in [-0.3, -0.25) is 14.5 Å². The molecule has 0 aliphatic carbocycles. The lowest BCUT2D eigenvalue weighted by Crippen LogP contribution is -2.41. The van der Waals surface area contributed by atoms with Crippen LogP contribution in [-0.4, -0.2) is 59.6 Å². The fourth-order valence-corrected chi connectivity index (χ4v) is 4.59. The van der Waals surface area contributed by atoms with E-state index in [1.54, 1.807) is 4.90 Å². The molecule has 1 unspecified atom stereocenters. The average Bonchev–Trinajstić information content (AvgIpc) is 3.16. The Morgan fingerprint density at radius 3 is 2.40 bits per heavy atom. The van der Waals surface area contributed by atoms with Crippen LogP contribution < -0.4 is 0 Å². The van der Waals surface area contributed by atoms with Crippen LogP contribution in [0.2, 0.25) is 0 Å². The summed E-state index contributed by atoms with van der Waals surface area (Å²) in [6.45, 7) is 3.99. The summed E-state index contributed by atoms with van der Waals surface area (Å²) in [4.78, 5) is 28.5. The molecule has 0 aromatic heterocycles. The molecule has 1 atom stereocenters. The van der Waals surface area contributed by atoms with E-state index in [0.29, 0.717) is 32.8 Å². The summed E-state index contributed by atoms with van der Waals surface area (Å²) in [7, 11) is 0. The topological polar surface area (TPSA) is 70.1 Å². The van der Waals surface area contributed by atoms with E-state index in [9.17, 15) is 14.7 Å². The van der Waals surface area contributed by atoms with Crippen molar-refractivity contribution >= 4 is 11.9 Å². The highest BCUT2D eigenvalue weighted by Crippen LogP contribution is 2.44. The first-order chi connectivity index (χ1) is 12.1. The smallest absolute Gasteiger partial charge is 0.308 e. The summed E-state index contributed by atoms with van der Waals surface area (Å²) >= 11 is 0. The van der Waals surface area contributed by atoms with E-state index in [2.05, 4.69) is 17.0 Å². The van der Waals surface area contributed by atoms with Gasteiger partial charge in [-0.05, 0) is 24.0 Å². The summed E-state index contributed by atoms with van der Waals surface area (Å²) in [5, 5.41) is 9.64. The van der Waals surface area contributed by atoms with Gasteiger partial charge in [-0.2, -0.15) is 0 Å². The van der Waals surface area contributed by atoms with Crippen LogP contribution in [-0.2, 0) is 27.4 Å². The third kappa shape index (κ3) is 3.04. The maximum atomic E-state index is 12.8. The van der Waals surface area contributed by atoms with Gasteiger partial charge in [0.25, 0.3) is 0 Å². The summed E-state index contributed by atoms with van der Waals surface area (Å²) in [5.41, 5.74) is 2.25. The van der Waals surface area contributed by atoms with Gasteiger partial charge >= 0.3 is 5.97 Å². The summed E-state index contributed by atoms with van der Waals surface area (Å²) in [6.07, 6.45) is 1.45. The highest BCUT2D eigenvalue weighted by Gasteiger charge is 2.52. The zero-order valence-electron chi connectivity index (χ0n) is 14.3. The number of carboxylic acid groups (broad SMARTS) is 1. The van der Waals surface area contributed by atoms with Crippen LogP contribution in [0.25, 0.3) is 0 Å². The monoisotopic (exact) mass is 344 g/mol. The predicted molar refractivity (Wildman–Crippen MR) is 90.7 cm³/mol. The van der Waals surface area contributed by atoms with Crippen molar-refractivity contribution in [2.75, 3.05) is 32.8 Å². The van der Waals surface area contributed by atoms with E-state index in [1.807, 2.05) is 12.1 Å². The van der Waals surface area contributed by atoms with E-state index in [0.717, 1.165) is 25.9 Å². The van der Waals surface area contributed by atoms with E-state index >= 15 is 0 Å². The molecule has 1 spiro atoms. The second-order valence-electron chi connectivity index (χ2n) is 7.55. The third-order valence-corrected chi connectivity index (χ3v) is 6.05. The number of carbonyl (C=O) groups excluding carboxylic acids is 1. The first kappa shape index (κ1) is 16.5. The lowest BCUT2D eigenvalue weighted by molar-refractivity contribution is -0.146. The fraction of sp³-hybridized carbons (Fsp3) is 0.579. The molecule has 6 nitrogen and oxygen atoms in total. The number of aliphatic carboxylic acids is 1. The number of carbonyl (C=O) groups is 2. The van der Waals surface area contributed by atoms with Gasteiger partial charge < -0.3 is 14.7 Å². The number of amides is 1. The van der Waals surface area contributed by atoms with Gasteiger partial charge in [-0.1, -0.05) is 24.3 Å². The Bertz CT molecular complexity index is 659. The van der Waals surface area contributed by atoms with Gasteiger partial charge in [-0.25, -0.2) is 0 Å². The molecule has 1 aromatic carbocycles. The molecule has 3 heterocycles. The Balaban J connectivity index is 1.42. The number of likely N-dealkylation sites (tertiary alicyclic amines) is 1. The van der Waals surface area contributed by atoms with Crippen molar-refractivity contribution in [2.24, 2.45) is 11.3 Å². The first-order valence-corrected chi connectivity index (χ1v) is 8.95. The molecular weight excluding hydrogens is 320 g/mol. The molecule has 3 aliphatic heterocycles. The summed E-state index contributed by atoms with van der Waals surface area (Å²) in [5.74, 6) is -1.22. The van der Waals surface area contributed by atoms with Crippen molar-refractivity contribution in [1.82, 2.24) is 9.80 Å². The zero-order chi connectivity index (χ0) is 17.4. The number of hydrogen-bond donors (Lipinski definition) is 1. The Kier molecular flexibility index (Phi) is 4.25. The Labute approximate surface area is 147 Å². The van der Waals surface area contributed by atoms with Gasteiger partial charge in [0.05, 0.1) is 12.5 Å². The number of hydrogen-bond acceptors (Lipinski definition) is 4. The molecular formula is C19H24N2O4. The normalized spacial score (nSPS) is 25.3. The number of benzene rings is 1. The van der Waals surface area contributed by atoms with Crippen LogP contribution in [0.5, 0.6) is 0 Å². The molecule has 3 aliphatic rings. The van der Waals surface area contributed by atoms with Gasteiger partial charge in [0, 0.05) is 44.8 Å². The first-order valence-electron chi connectivity index (χ1n) is 8.95. The summed E-state index contributed by atoms with van der Waals surface area (Å²) in [6, 6.07) is 8.26. The van der Waals surface area contributed by atoms with Gasteiger partial charge in [-0.15, -0.1) is 0 Å². The maximum absolute atomic E-state index is 12.8. The molecule has 1 amide bonds. The molecule has 0 radical (unpaired) electrons. The molecule has 25 heavy (non-hydrogen) atoms. The minimum absolute atomic E-state index is 0.0439. The van der Waals surface area contributed by atoms with Crippen molar-refractivity contribution in [2.45, 2.75) is 25.9 Å². The fourth-order valence-electron chi connectivity index (χ4n) is 4.59. The van der Waals surface area contributed by atoms with Gasteiger partial charge in [0.2, 0.25) is 5.91 Å². The van der Waals surface area contributed by atoms with Crippen LogP contribution in [0.4, 0.5) is 0 Å². The Morgan fingerprint density at radius 2 is 1.80 bits per heavy atom. The number of carboxylic acids is 1. The van der Waals surface area contributed by atoms with Crippen molar-refractivity contribution < 1.29 is 19.4 Å². The molecule has 2 saturated heterocycles. The second-order valence-corrected chi connectivity index (χ2v) is 7.55. The largest absolute Gasteiger partial charge is 0.481 e. The van der Waals surface area contributed by atoms with Crippen molar-refractivity contribution in [1.29, 1.82) is 0 Å². The highest BCUT2D eigenvalue weighted by atomic mass is 16.5. The quantitative estimate of drug-likeness (QED) is 0.896. The highest BCUT2D eigenvalue weighted by molar-refractivity contribution is 5.81. The van der Waals surface area contributed by atoms with Crippen LogP contribution in [0.15, 0.2) is 24.3 Å². The second kappa shape index (κ2) is 6.42. The van der Waals surface area contributed by atoms with Gasteiger partial charge in [0.15, 0.2) is 0 Å². The molecule has 2 fully saturated rings. The SMILES string of the molecule is O=C(O)C1CN(C(=O)CN2Cc3ccccc3C2)CC12CCOCC2. The average molecular weight is 344 g/mol. The van der Waals surface area contributed by atoms with Gasteiger partial charge in [0.1, 0.15) is 0 Å². The maximum Gasteiger partial charge on any atom is 0.308 e. The van der Waals surface area contributed by atoms with Crippen molar-refractivity contribution in [3.8, 4) is 0 Å². The summed E-state index contributed by atoms with van der Waals surface area (Å²) < 4.78 is 5.42. The molecule has 4 rings (SSSR count). The zero-order valence-corrected chi connectivity index (χ0v) is 14.3. The number of rotatable bonds is 3. The molecule has 1 aromatic rings. The predicted octanol–water partition coefficient (Wildman–Crippen LogP) is 1.34. The van der Waals surface area contributed by atoms with Crippen LogP contribution in [0, 0.1) is 11.3 Å². The number of nitrogens with zero attached hydrogens (tertiary/aromatic N) is 2.